The van der Waals surface area contributed by atoms with Gasteiger partial charge < -0.3 is 9.47 Å². The van der Waals surface area contributed by atoms with E-state index in [1.165, 1.54) is 38.5 Å². The number of fused-ring (bicyclic) bond motifs is 1. The SMILES string of the molecule is CCCCCCC1(CCCCCC)OC(=O)Nc2ccc(OCCCCCl)cc21. The number of unbranched alkanes of at least 4 members (excludes halogenated alkanes) is 7. The van der Waals surface area contributed by atoms with Gasteiger partial charge in [0.15, 0.2) is 0 Å². The van der Waals surface area contributed by atoms with Crippen LogP contribution in [0, 0.1) is 0 Å². The smallest absolute Gasteiger partial charge is 0.412 e. The Hall–Kier alpha value is -1.42. The number of hydrogen-bond donors (Lipinski definition) is 1. The van der Waals surface area contributed by atoms with E-state index in [-0.39, 0.29) is 6.09 Å². The summed E-state index contributed by atoms with van der Waals surface area (Å²) in [5.41, 5.74) is 1.38. The topological polar surface area (TPSA) is 47.6 Å². The lowest BCUT2D eigenvalue weighted by Crippen LogP contribution is -2.39. The zero-order chi connectivity index (χ0) is 21.0. The Balaban J connectivity index is 2.21. The lowest BCUT2D eigenvalue weighted by Gasteiger charge is -2.39. The highest BCUT2D eigenvalue weighted by Gasteiger charge is 2.41. The largest absolute Gasteiger partial charge is 0.494 e. The van der Waals surface area contributed by atoms with Crippen molar-refractivity contribution in [2.75, 3.05) is 17.8 Å². The maximum Gasteiger partial charge on any atom is 0.412 e. The highest BCUT2D eigenvalue weighted by Crippen LogP contribution is 2.45. The van der Waals surface area contributed by atoms with E-state index in [4.69, 9.17) is 21.1 Å². The lowest BCUT2D eigenvalue weighted by atomic mass is 9.81. The average Bonchev–Trinajstić information content (AvgIpc) is 2.72. The van der Waals surface area contributed by atoms with Crippen LogP contribution in [0.15, 0.2) is 18.2 Å². The summed E-state index contributed by atoms with van der Waals surface area (Å²) in [6, 6.07) is 5.97. The van der Waals surface area contributed by atoms with E-state index in [1.807, 2.05) is 12.1 Å². The van der Waals surface area contributed by atoms with E-state index in [0.717, 1.165) is 55.5 Å². The van der Waals surface area contributed by atoms with Gasteiger partial charge in [-0.05, 0) is 56.7 Å². The number of rotatable bonds is 15. The fourth-order valence-electron chi connectivity index (χ4n) is 4.02. The molecule has 5 heteroatoms. The van der Waals surface area contributed by atoms with Crippen LogP contribution in [0.4, 0.5) is 10.5 Å². The third-order valence-electron chi connectivity index (χ3n) is 5.67. The average molecular weight is 424 g/mol. The summed E-state index contributed by atoms with van der Waals surface area (Å²) >= 11 is 5.76. The monoisotopic (exact) mass is 423 g/mol. The molecule has 1 amide bonds. The molecule has 1 aliphatic heterocycles. The Kier molecular flexibility index (Phi) is 10.7. The molecule has 2 rings (SSSR count). The Bertz CT molecular complexity index is 608. The van der Waals surface area contributed by atoms with Gasteiger partial charge in [0.05, 0.1) is 12.3 Å². The molecular formula is C24H38ClNO3. The Morgan fingerprint density at radius 1 is 0.966 bits per heavy atom. The number of hydrogen-bond acceptors (Lipinski definition) is 3. The molecule has 164 valence electrons. The first-order valence-corrected chi connectivity index (χ1v) is 12.0. The molecule has 1 aromatic carbocycles. The molecule has 0 aliphatic carbocycles. The number of benzene rings is 1. The second-order valence-corrected chi connectivity index (χ2v) is 8.46. The molecule has 1 aromatic rings. The van der Waals surface area contributed by atoms with Crippen molar-refractivity contribution in [2.24, 2.45) is 0 Å². The summed E-state index contributed by atoms with van der Waals surface area (Å²) < 4.78 is 12.0. The van der Waals surface area contributed by atoms with Crippen molar-refractivity contribution in [2.45, 2.75) is 96.5 Å². The van der Waals surface area contributed by atoms with E-state index < -0.39 is 5.60 Å². The molecule has 1 N–H and O–H groups in total. The zero-order valence-corrected chi connectivity index (χ0v) is 19.0. The number of carbonyl (C=O) groups excluding carboxylic acids is 1. The normalized spacial score (nSPS) is 14.8. The lowest BCUT2D eigenvalue weighted by molar-refractivity contribution is -0.00703. The molecule has 0 saturated heterocycles. The number of carbonyl (C=O) groups is 1. The van der Waals surface area contributed by atoms with E-state index in [0.29, 0.717) is 12.5 Å². The Labute approximate surface area is 181 Å². The summed E-state index contributed by atoms with van der Waals surface area (Å²) in [7, 11) is 0. The van der Waals surface area contributed by atoms with Gasteiger partial charge in [-0.25, -0.2) is 4.79 Å². The number of cyclic esters (lactones) is 1. The van der Waals surface area contributed by atoms with Crippen LogP contribution in [0.25, 0.3) is 0 Å². The van der Waals surface area contributed by atoms with Crippen molar-refractivity contribution in [3.05, 3.63) is 23.8 Å². The Morgan fingerprint density at radius 3 is 2.28 bits per heavy atom. The quantitative estimate of drug-likeness (QED) is 0.231. The van der Waals surface area contributed by atoms with Crippen molar-refractivity contribution in [1.82, 2.24) is 0 Å². The van der Waals surface area contributed by atoms with Gasteiger partial charge >= 0.3 is 6.09 Å². The number of alkyl halides is 1. The molecule has 0 spiro atoms. The van der Waals surface area contributed by atoms with E-state index in [1.54, 1.807) is 0 Å². The van der Waals surface area contributed by atoms with Gasteiger partial charge in [-0.2, -0.15) is 0 Å². The fourth-order valence-corrected chi connectivity index (χ4v) is 4.21. The Morgan fingerprint density at radius 2 is 1.66 bits per heavy atom. The van der Waals surface area contributed by atoms with Crippen molar-refractivity contribution in [3.63, 3.8) is 0 Å². The summed E-state index contributed by atoms with van der Waals surface area (Å²) in [4.78, 5) is 12.4. The molecule has 1 aliphatic rings. The van der Waals surface area contributed by atoms with Gasteiger partial charge in [-0.3, -0.25) is 5.32 Å². The summed E-state index contributed by atoms with van der Waals surface area (Å²) in [6.45, 7) is 5.08. The molecule has 4 nitrogen and oxygen atoms in total. The molecule has 0 fully saturated rings. The van der Waals surface area contributed by atoms with Gasteiger partial charge in [0.2, 0.25) is 0 Å². The van der Waals surface area contributed by atoms with Crippen molar-refractivity contribution < 1.29 is 14.3 Å². The van der Waals surface area contributed by atoms with Crippen LogP contribution in [0.2, 0.25) is 0 Å². The highest BCUT2D eigenvalue weighted by molar-refractivity contribution is 6.17. The van der Waals surface area contributed by atoms with Gasteiger partial charge in [0.25, 0.3) is 0 Å². The van der Waals surface area contributed by atoms with Crippen LogP contribution in [-0.4, -0.2) is 18.6 Å². The number of nitrogens with one attached hydrogen (secondary N) is 1. The molecule has 29 heavy (non-hydrogen) atoms. The number of ether oxygens (including phenoxy) is 2. The maximum absolute atomic E-state index is 12.4. The van der Waals surface area contributed by atoms with E-state index in [9.17, 15) is 4.79 Å². The maximum atomic E-state index is 12.4. The van der Waals surface area contributed by atoms with Crippen LogP contribution >= 0.6 is 11.6 Å². The summed E-state index contributed by atoms with van der Waals surface area (Å²) in [5.74, 6) is 1.50. The molecule has 1 heterocycles. The first-order valence-electron chi connectivity index (χ1n) is 11.5. The molecular weight excluding hydrogens is 386 g/mol. The van der Waals surface area contributed by atoms with Crippen LogP contribution in [0.1, 0.15) is 96.5 Å². The number of anilines is 1. The first-order chi connectivity index (χ1) is 14.1. The fraction of sp³-hybridized carbons (Fsp3) is 0.708. The molecule has 0 atom stereocenters. The van der Waals surface area contributed by atoms with Gasteiger partial charge in [0, 0.05) is 11.4 Å². The van der Waals surface area contributed by atoms with Crippen LogP contribution in [0.5, 0.6) is 5.75 Å². The predicted octanol–water partition coefficient (Wildman–Crippen LogP) is 7.78. The van der Waals surface area contributed by atoms with Crippen molar-refractivity contribution in [1.29, 1.82) is 0 Å². The molecule has 0 unspecified atom stereocenters. The van der Waals surface area contributed by atoms with E-state index >= 15 is 0 Å². The van der Waals surface area contributed by atoms with Gasteiger partial charge in [-0.15, -0.1) is 11.6 Å². The summed E-state index contributed by atoms with van der Waals surface area (Å²) in [6.07, 6.45) is 12.6. The molecule has 0 bridgehead atoms. The van der Waals surface area contributed by atoms with Crippen molar-refractivity contribution >= 4 is 23.4 Å². The van der Waals surface area contributed by atoms with Crippen LogP contribution in [0.3, 0.4) is 0 Å². The third kappa shape index (κ3) is 7.40. The highest BCUT2D eigenvalue weighted by atomic mass is 35.5. The van der Waals surface area contributed by atoms with Crippen molar-refractivity contribution in [3.8, 4) is 5.75 Å². The minimum atomic E-state index is -0.547. The van der Waals surface area contributed by atoms with Crippen LogP contribution in [-0.2, 0) is 10.3 Å². The zero-order valence-electron chi connectivity index (χ0n) is 18.2. The second kappa shape index (κ2) is 13.0. The minimum Gasteiger partial charge on any atom is -0.494 e. The molecule has 0 radical (unpaired) electrons. The summed E-state index contributed by atoms with van der Waals surface area (Å²) in [5, 5.41) is 2.89. The van der Waals surface area contributed by atoms with Crippen LogP contribution < -0.4 is 10.1 Å². The van der Waals surface area contributed by atoms with E-state index in [2.05, 4.69) is 25.2 Å². The molecule has 0 aromatic heterocycles. The first kappa shape index (κ1) is 23.9. The molecule has 0 saturated carbocycles. The predicted molar refractivity (Wildman–Crippen MR) is 121 cm³/mol. The minimum absolute atomic E-state index is 0.334. The number of halogens is 1. The van der Waals surface area contributed by atoms with Gasteiger partial charge in [0.1, 0.15) is 11.4 Å². The third-order valence-corrected chi connectivity index (χ3v) is 5.94. The van der Waals surface area contributed by atoms with Gasteiger partial charge in [-0.1, -0.05) is 52.4 Å². The second-order valence-electron chi connectivity index (χ2n) is 8.08. The standard InChI is InChI=1S/C24H38ClNO3/c1-3-5-7-9-15-24(16-10-8-6-4-2)21-19-20(28-18-12-11-17-25)13-14-22(21)26-23(27)29-24/h13-14,19H,3-12,15-18H2,1-2H3,(H,26,27). The number of amides is 1.